The Morgan fingerprint density at radius 1 is 1.20 bits per heavy atom. The van der Waals surface area contributed by atoms with Crippen molar-refractivity contribution in [3.63, 3.8) is 0 Å². The van der Waals surface area contributed by atoms with Crippen LogP contribution in [0, 0.1) is 0 Å². The van der Waals surface area contributed by atoms with Gasteiger partial charge < -0.3 is 14.8 Å². The normalized spacial score (nSPS) is 16.8. The molecule has 0 radical (unpaired) electrons. The molecule has 1 N–H and O–H groups in total. The number of sulfonamides is 1. The summed E-state index contributed by atoms with van der Waals surface area (Å²) in [6.45, 7) is 3.76. The van der Waals surface area contributed by atoms with Gasteiger partial charge in [-0.15, -0.1) is 0 Å². The quantitative estimate of drug-likeness (QED) is 0.680. The Morgan fingerprint density at radius 2 is 1.80 bits per heavy atom. The Bertz CT molecular complexity index is 673. The molecule has 0 aliphatic carbocycles. The monoisotopic (exact) mass is 434 g/mol. The Labute approximate surface area is 159 Å². The first-order chi connectivity index (χ1) is 11.9. The lowest BCUT2D eigenvalue weighted by Crippen LogP contribution is -2.45. The van der Waals surface area contributed by atoms with Gasteiger partial charge in [0.2, 0.25) is 10.0 Å². The van der Waals surface area contributed by atoms with Crippen LogP contribution >= 0.6 is 15.9 Å². The minimum absolute atomic E-state index is 0.240. The zero-order valence-electron chi connectivity index (χ0n) is 15.0. The third-order valence-electron chi connectivity index (χ3n) is 4.44. The Balaban J connectivity index is 1.91. The third kappa shape index (κ3) is 5.32. The fourth-order valence-electron chi connectivity index (χ4n) is 3.01. The largest absolute Gasteiger partial charge is 0.493 e. The lowest BCUT2D eigenvalue weighted by Gasteiger charge is -2.31. The molecular formula is C17H27BrN2O4S. The average Bonchev–Trinajstić information content (AvgIpc) is 2.60. The SMILES string of the molecule is CCCS(=O)(=O)N1CCC(NCc2cc(OC)c(OC)cc2Br)CC1. The van der Waals surface area contributed by atoms with Crippen LogP contribution in [-0.2, 0) is 16.6 Å². The maximum atomic E-state index is 12.1. The second kappa shape index (κ2) is 9.21. The molecule has 0 amide bonds. The summed E-state index contributed by atoms with van der Waals surface area (Å²) >= 11 is 3.57. The molecule has 1 aromatic carbocycles. The van der Waals surface area contributed by atoms with Crippen LogP contribution in [0.4, 0.5) is 0 Å². The fourth-order valence-corrected chi connectivity index (χ4v) is 5.02. The molecule has 1 heterocycles. The van der Waals surface area contributed by atoms with Gasteiger partial charge in [0.05, 0.1) is 20.0 Å². The number of hydrogen-bond donors (Lipinski definition) is 1. The topological polar surface area (TPSA) is 67.9 Å². The maximum absolute atomic E-state index is 12.1. The number of methoxy groups -OCH3 is 2. The van der Waals surface area contributed by atoms with Crippen molar-refractivity contribution in [3.05, 3.63) is 22.2 Å². The van der Waals surface area contributed by atoms with E-state index in [1.54, 1.807) is 18.5 Å². The summed E-state index contributed by atoms with van der Waals surface area (Å²) in [6, 6.07) is 4.17. The van der Waals surface area contributed by atoms with Gasteiger partial charge in [0.15, 0.2) is 11.5 Å². The summed E-state index contributed by atoms with van der Waals surface area (Å²) in [7, 11) is 0.154. The predicted octanol–water partition coefficient (Wildman–Crippen LogP) is 2.76. The molecule has 6 nitrogen and oxygen atoms in total. The van der Waals surface area contributed by atoms with Gasteiger partial charge in [0.1, 0.15) is 0 Å². The van der Waals surface area contributed by atoms with E-state index in [0.717, 1.165) is 22.9 Å². The number of rotatable bonds is 8. The van der Waals surface area contributed by atoms with E-state index in [4.69, 9.17) is 9.47 Å². The molecule has 0 saturated carbocycles. The summed E-state index contributed by atoms with van der Waals surface area (Å²) in [6.07, 6.45) is 2.32. The predicted molar refractivity (Wildman–Crippen MR) is 103 cm³/mol. The lowest BCUT2D eigenvalue weighted by molar-refractivity contribution is 0.288. The van der Waals surface area contributed by atoms with Crippen LogP contribution in [0.15, 0.2) is 16.6 Å². The summed E-state index contributed by atoms with van der Waals surface area (Å²) in [4.78, 5) is 0. The van der Waals surface area contributed by atoms with Crippen LogP contribution in [0.3, 0.4) is 0 Å². The Kier molecular flexibility index (Phi) is 7.54. The van der Waals surface area contributed by atoms with Crippen molar-refractivity contribution < 1.29 is 17.9 Å². The molecule has 2 rings (SSSR count). The van der Waals surface area contributed by atoms with E-state index in [9.17, 15) is 8.42 Å². The van der Waals surface area contributed by atoms with Gasteiger partial charge in [-0.05, 0) is 37.0 Å². The second-order valence-electron chi connectivity index (χ2n) is 6.17. The molecule has 1 aromatic rings. The second-order valence-corrected chi connectivity index (χ2v) is 9.11. The van der Waals surface area contributed by atoms with Crippen molar-refractivity contribution in [2.75, 3.05) is 33.1 Å². The van der Waals surface area contributed by atoms with Crippen molar-refractivity contribution in [1.29, 1.82) is 0 Å². The van der Waals surface area contributed by atoms with Crippen LogP contribution in [0.2, 0.25) is 0 Å². The average molecular weight is 435 g/mol. The van der Waals surface area contributed by atoms with E-state index in [2.05, 4.69) is 21.2 Å². The van der Waals surface area contributed by atoms with Gasteiger partial charge >= 0.3 is 0 Å². The number of nitrogens with one attached hydrogen (secondary N) is 1. The van der Waals surface area contributed by atoms with Crippen molar-refractivity contribution in [2.24, 2.45) is 0 Å². The number of hydrogen-bond acceptors (Lipinski definition) is 5. The zero-order valence-corrected chi connectivity index (χ0v) is 17.5. The van der Waals surface area contributed by atoms with E-state index in [-0.39, 0.29) is 5.75 Å². The molecule has 142 valence electrons. The Hall–Kier alpha value is -0.830. The number of benzene rings is 1. The summed E-state index contributed by atoms with van der Waals surface area (Å²) in [5.74, 6) is 1.62. The number of ether oxygens (including phenoxy) is 2. The van der Waals surface area contributed by atoms with Gasteiger partial charge in [-0.25, -0.2) is 12.7 Å². The van der Waals surface area contributed by atoms with Crippen molar-refractivity contribution >= 4 is 26.0 Å². The summed E-state index contributed by atoms with van der Waals surface area (Å²) < 4.78 is 37.5. The number of halogens is 1. The molecule has 8 heteroatoms. The Morgan fingerprint density at radius 3 is 2.36 bits per heavy atom. The summed E-state index contributed by atoms with van der Waals surface area (Å²) in [5, 5.41) is 3.52. The minimum Gasteiger partial charge on any atom is -0.493 e. The van der Waals surface area contributed by atoms with Crippen LogP contribution in [-0.4, -0.2) is 51.8 Å². The molecule has 1 fully saturated rings. The molecule has 1 aliphatic heterocycles. The molecule has 0 unspecified atom stereocenters. The first kappa shape index (κ1) is 20.5. The van der Waals surface area contributed by atoms with Gasteiger partial charge in [-0.2, -0.15) is 0 Å². The number of piperidine rings is 1. The molecule has 0 aromatic heterocycles. The minimum atomic E-state index is -3.08. The van der Waals surface area contributed by atoms with Gasteiger partial charge in [-0.1, -0.05) is 22.9 Å². The third-order valence-corrected chi connectivity index (χ3v) is 7.26. The van der Waals surface area contributed by atoms with Gasteiger partial charge in [-0.3, -0.25) is 0 Å². The highest BCUT2D eigenvalue weighted by Gasteiger charge is 2.27. The van der Waals surface area contributed by atoms with Crippen LogP contribution in [0.1, 0.15) is 31.7 Å². The van der Waals surface area contributed by atoms with Crippen molar-refractivity contribution in [2.45, 2.75) is 38.8 Å². The van der Waals surface area contributed by atoms with E-state index in [0.29, 0.717) is 43.6 Å². The molecule has 1 aliphatic rings. The van der Waals surface area contributed by atoms with Gasteiger partial charge in [0, 0.05) is 30.1 Å². The van der Waals surface area contributed by atoms with E-state index in [1.165, 1.54) is 0 Å². The molecule has 0 bridgehead atoms. The highest BCUT2D eigenvalue weighted by Crippen LogP contribution is 2.33. The summed E-state index contributed by atoms with van der Waals surface area (Å²) in [5.41, 5.74) is 1.08. The van der Waals surface area contributed by atoms with E-state index >= 15 is 0 Å². The lowest BCUT2D eigenvalue weighted by atomic mass is 10.1. The van der Waals surface area contributed by atoms with Crippen LogP contribution in [0.25, 0.3) is 0 Å². The van der Waals surface area contributed by atoms with Crippen molar-refractivity contribution in [1.82, 2.24) is 9.62 Å². The zero-order chi connectivity index (χ0) is 18.4. The highest BCUT2D eigenvalue weighted by atomic mass is 79.9. The molecular weight excluding hydrogens is 408 g/mol. The smallest absolute Gasteiger partial charge is 0.214 e. The van der Waals surface area contributed by atoms with Crippen LogP contribution < -0.4 is 14.8 Å². The fraction of sp³-hybridized carbons (Fsp3) is 0.647. The highest BCUT2D eigenvalue weighted by molar-refractivity contribution is 9.10. The van der Waals surface area contributed by atoms with Gasteiger partial charge in [0.25, 0.3) is 0 Å². The molecule has 25 heavy (non-hydrogen) atoms. The molecule has 0 atom stereocenters. The van der Waals surface area contributed by atoms with Crippen molar-refractivity contribution in [3.8, 4) is 11.5 Å². The first-order valence-corrected chi connectivity index (χ1v) is 10.9. The van der Waals surface area contributed by atoms with Crippen LogP contribution in [0.5, 0.6) is 11.5 Å². The van der Waals surface area contributed by atoms with E-state index in [1.807, 2.05) is 19.1 Å². The van der Waals surface area contributed by atoms with E-state index < -0.39 is 10.0 Å². The first-order valence-electron chi connectivity index (χ1n) is 8.52. The standard InChI is InChI=1S/C17H27BrN2O4S/c1-4-9-25(21,22)20-7-5-14(6-8-20)19-12-13-10-16(23-2)17(24-3)11-15(13)18/h10-11,14,19H,4-9,12H2,1-3H3. The number of nitrogens with zero attached hydrogens (tertiary/aromatic N) is 1. The molecule has 1 saturated heterocycles. The molecule has 0 spiro atoms. The maximum Gasteiger partial charge on any atom is 0.214 e.